The Bertz CT molecular complexity index is 693. The number of carbonyl (C=O) groups excluding carboxylic acids is 1. The molecule has 0 fully saturated rings. The van der Waals surface area contributed by atoms with Crippen LogP contribution in [0.25, 0.3) is 10.1 Å². The van der Waals surface area contributed by atoms with Crippen molar-refractivity contribution in [1.29, 1.82) is 0 Å². The van der Waals surface area contributed by atoms with Crippen LogP contribution in [0.1, 0.15) is 28.8 Å². The Morgan fingerprint density at radius 3 is 3.00 bits per heavy atom. The van der Waals surface area contributed by atoms with Crippen molar-refractivity contribution < 1.29 is 4.79 Å². The second kappa shape index (κ2) is 4.97. The lowest BCUT2D eigenvalue weighted by Gasteiger charge is -2.03. The summed E-state index contributed by atoms with van der Waals surface area (Å²) in [7, 11) is 0. The summed E-state index contributed by atoms with van der Waals surface area (Å²) in [6.07, 6.45) is 4.54. The first-order chi connectivity index (χ1) is 9.29. The van der Waals surface area contributed by atoms with Crippen LogP contribution in [0.2, 0.25) is 0 Å². The van der Waals surface area contributed by atoms with E-state index < -0.39 is 0 Å². The average molecular weight is 270 g/mol. The molecule has 3 aromatic rings. The number of fused-ring (bicyclic) bond motifs is 1. The van der Waals surface area contributed by atoms with E-state index in [9.17, 15) is 4.79 Å². The highest BCUT2D eigenvalue weighted by Crippen LogP contribution is 2.26. The maximum absolute atomic E-state index is 12.5. The monoisotopic (exact) mass is 270 g/mol. The van der Waals surface area contributed by atoms with Crippen molar-refractivity contribution in [2.45, 2.75) is 19.9 Å². The largest absolute Gasteiger partial charge is 0.328 e. The van der Waals surface area contributed by atoms with Gasteiger partial charge in [-0.2, -0.15) is 0 Å². The Morgan fingerprint density at radius 2 is 2.21 bits per heavy atom. The minimum atomic E-state index is 0.0136. The van der Waals surface area contributed by atoms with Gasteiger partial charge in [0.1, 0.15) is 0 Å². The van der Waals surface area contributed by atoms with E-state index >= 15 is 0 Å². The molecular formula is C15H14N2OS. The van der Waals surface area contributed by atoms with Crippen molar-refractivity contribution in [1.82, 2.24) is 9.55 Å². The van der Waals surface area contributed by atoms with Crippen LogP contribution in [-0.2, 0) is 6.54 Å². The minimum Gasteiger partial charge on any atom is -0.328 e. The molecule has 0 aliphatic heterocycles. The smallest absolute Gasteiger partial charge is 0.238 e. The number of rotatable bonds is 4. The van der Waals surface area contributed by atoms with Gasteiger partial charge in [-0.15, -0.1) is 11.3 Å². The quantitative estimate of drug-likeness (QED) is 0.677. The summed E-state index contributed by atoms with van der Waals surface area (Å²) in [5.41, 5.74) is 0. The van der Waals surface area contributed by atoms with E-state index in [0.717, 1.165) is 27.9 Å². The number of carbonyl (C=O) groups is 1. The maximum atomic E-state index is 12.5. The maximum Gasteiger partial charge on any atom is 0.238 e. The second-order valence-electron chi connectivity index (χ2n) is 4.42. The Labute approximate surface area is 115 Å². The van der Waals surface area contributed by atoms with Crippen LogP contribution in [0.15, 0.2) is 42.7 Å². The van der Waals surface area contributed by atoms with Gasteiger partial charge in [0.2, 0.25) is 5.78 Å². The summed E-state index contributed by atoms with van der Waals surface area (Å²) in [6.45, 7) is 2.92. The molecule has 0 amide bonds. The second-order valence-corrected chi connectivity index (χ2v) is 5.51. The van der Waals surface area contributed by atoms with Crippen molar-refractivity contribution in [2.75, 3.05) is 0 Å². The summed E-state index contributed by atoms with van der Waals surface area (Å²) in [5.74, 6) is 0.549. The molecule has 0 aliphatic rings. The van der Waals surface area contributed by atoms with Gasteiger partial charge in [-0.25, -0.2) is 4.98 Å². The van der Waals surface area contributed by atoms with Crippen molar-refractivity contribution in [3.8, 4) is 0 Å². The van der Waals surface area contributed by atoms with E-state index in [1.54, 1.807) is 6.20 Å². The van der Waals surface area contributed by atoms with Crippen molar-refractivity contribution >= 4 is 27.2 Å². The molecule has 2 heterocycles. The van der Waals surface area contributed by atoms with Gasteiger partial charge in [0, 0.05) is 23.6 Å². The van der Waals surface area contributed by atoms with E-state index in [1.807, 2.05) is 41.1 Å². The van der Waals surface area contributed by atoms with E-state index in [1.165, 1.54) is 11.3 Å². The molecule has 0 aliphatic carbocycles. The van der Waals surface area contributed by atoms with E-state index in [-0.39, 0.29) is 5.78 Å². The molecule has 3 rings (SSSR count). The summed E-state index contributed by atoms with van der Waals surface area (Å²) in [4.78, 5) is 17.5. The fourth-order valence-electron chi connectivity index (χ4n) is 2.14. The normalized spacial score (nSPS) is 11.0. The number of benzene rings is 1. The number of nitrogens with zero attached hydrogens (tertiary/aromatic N) is 2. The lowest BCUT2D eigenvalue weighted by Crippen LogP contribution is -2.09. The summed E-state index contributed by atoms with van der Waals surface area (Å²) < 4.78 is 3.06. The fourth-order valence-corrected chi connectivity index (χ4v) is 3.14. The Balaban J connectivity index is 2.01. The molecule has 2 aromatic heterocycles. The van der Waals surface area contributed by atoms with Crippen molar-refractivity contribution in [2.24, 2.45) is 0 Å². The third-order valence-corrected chi connectivity index (χ3v) is 4.15. The van der Waals surface area contributed by atoms with Gasteiger partial charge >= 0.3 is 0 Å². The van der Waals surface area contributed by atoms with E-state index in [2.05, 4.69) is 11.9 Å². The molecule has 3 nitrogen and oxygen atoms in total. The number of aromatic nitrogens is 2. The fraction of sp³-hybridized carbons (Fsp3) is 0.200. The number of hydrogen-bond acceptors (Lipinski definition) is 3. The molecule has 0 bridgehead atoms. The summed E-state index contributed by atoms with van der Waals surface area (Å²) in [5, 5.41) is 1.12. The van der Waals surface area contributed by atoms with Crippen LogP contribution in [-0.4, -0.2) is 15.3 Å². The molecule has 96 valence electrons. The molecule has 19 heavy (non-hydrogen) atoms. The predicted molar refractivity (Wildman–Crippen MR) is 77.8 cm³/mol. The van der Waals surface area contributed by atoms with E-state index in [4.69, 9.17) is 0 Å². The average Bonchev–Trinajstić information content (AvgIpc) is 3.04. The standard InChI is InChI=1S/C15H14N2OS/c1-2-8-17-9-7-16-15(17)14(18)13-10-11-5-3-4-6-12(11)19-13/h3-7,9-10H,2,8H2,1H3. The van der Waals surface area contributed by atoms with E-state index in [0.29, 0.717) is 5.82 Å². The van der Waals surface area contributed by atoms with Crippen molar-refractivity contribution in [3.05, 3.63) is 53.4 Å². The zero-order chi connectivity index (χ0) is 13.2. The zero-order valence-electron chi connectivity index (χ0n) is 10.7. The van der Waals surface area contributed by atoms with Crippen LogP contribution in [0, 0.1) is 0 Å². The molecule has 0 spiro atoms. The number of aryl methyl sites for hydroxylation is 1. The lowest BCUT2D eigenvalue weighted by molar-refractivity contribution is 0.102. The molecule has 0 N–H and O–H groups in total. The molecule has 0 saturated heterocycles. The number of ketones is 1. The molecule has 4 heteroatoms. The first-order valence-electron chi connectivity index (χ1n) is 6.34. The highest BCUT2D eigenvalue weighted by Gasteiger charge is 2.17. The topological polar surface area (TPSA) is 34.9 Å². The molecule has 0 radical (unpaired) electrons. The predicted octanol–water partition coefficient (Wildman–Crippen LogP) is 3.74. The Hall–Kier alpha value is -1.94. The van der Waals surface area contributed by atoms with Gasteiger partial charge in [0.25, 0.3) is 0 Å². The Morgan fingerprint density at radius 1 is 1.37 bits per heavy atom. The molecule has 0 atom stereocenters. The highest BCUT2D eigenvalue weighted by molar-refractivity contribution is 7.21. The summed E-state index contributed by atoms with van der Waals surface area (Å²) in [6, 6.07) is 10.00. The van der Waals surface area contributed by atoms with Crippen molar-refractivity contribution in [3.63, 3.8) is 0 Å². The van der Waals surface area contributed by atoms with Crippen LogP contribution < -0.4 is 0 Å². The van der Waals surface area contributed by atoms with Gasteiger partial charge in [0.15, 0.2) is 5.82 Å². The third-order valence-electron chi connectivity index (χ3n) is 3.03. The van der Waals surface area contributed by atoms with Gasteiger partial charge < -0.3 is 4.57 Å². The number of imidazole rings is 1. The number of hydrogen-bond donors (Lipinski definition) is 0. The highest BCUT2D eigenvalue weighted by atomic mass is 32.1. The molecule has 1 aromatic carbocycles. The van der Waals surface area contributed by atoms with Crippen LogP contribution in [0.4, 0.5) is 0 Å². The van der Waals surface area contributed by atoms with Gasteiger partial charge in [-0.3, -0.25) is 4.79 Å². The first-order valence-corrected chi connectivity index (χ1v) is 7.15. The lowest BCUT2D eigenvalue weighted by atomic mass is 10.2. The van der Waals surface area contributed by atoms with Crippen LogP contribution in [0.3, 0.4) is 0 Å². The zero-order valence-corrected chi connectivity index (χ0v) is 11.5. The van der Waals surface area contributed by atoms with Crippen LogP contribution in [0.5, 0.6) is 0 Å². The van der Waals surface area contributed by atoms with Crippen LogP contribution >= 0.6 is 11.3 Å². The number of thiophene rings is 1. The van der Waals surface area contributed by atoms with Gasteiger partial charge in [0.05, 0.1) is 4.88 Å². The summed E-state index contributed by atoms with van der Waals surface area (Å²) >= 11 is 1.53. The molecular weight excluding hydrogens is 256 g/mol. The first kappa shape index (κ1) is 12.1. The molecule has 0 unspecified atom stereocenters. The minimum absolute atomic E-state index is 0.0136. The SMILES string of the molecule is CCCn1ccnc1C(=O)c1cc2ccccc2s1. The molecule has 0 saturated carbocycles. The van der Waals surface area contributed by atoms with Gasteiger partial charge in [-0.1, -0.05) is 25.1 Å². The van der Waals surface area contributed by atoms with Gasteiger partial charge in [-0.05, 0) is 23.9 Å². The third kappa shape index (κ3) is 2.19. The Kier molecular flexibility index (Phi) is 3.17.